The molecule has 0 fully saturated rings. The van der Waals surface area contributed by atoms with Crippen LogP contribution in [-0.2, 0) is 23.7 Å². The predicted molar refractivity (Wildman–Crippen MR) is 98.8 cm³/mol. The summed E-state index contributed by atoms with van der Waals surface area (Å²) in [6, 6.07) is 4.61. The van der Waals surface area contributed by atoms with E-state index in [9.17, 15) is 0 Å². The van der Waals surface area contributed by atoms with Crippen molar-refractivity contribution in [1.82, 2.24) is 15.4 Å². The van der Waals surface area contributed by atoms with Gasteiger partial charge in [-0.3, -0.25) is 0 Å². The van der Waals surface area contributed by atoms with Crippen molar-refractivity contribution in [2.45, 2.75) is 72.1 Å². The normalized spacial score (nSPS) is 12.5. The number of aromatic amines is 1. The van der Waals surface area contributed by atoms with E-state index in [1.54, 1.807) is 6.20 Å². The maximum absolute atomic E-state index is 6.10. The Balaban J connectivity index is 2.48. The summed E-state index contributed by atoms with van der Waals surface area (Å²) in [4.78, 5) is 0. The van der Waals surface area contributed by atoms with Crippen LogP contribution in [0.2, 0.25) is 0 Å². The van der Waals surface area contributed by atoms with Crippen molar-refractivity contribution in [1.29, 1.82) is 0 Å². The Morgan fingerprint density at radius 1 is 0.958 bits per heavy atom. The highest BCUT2D eigenvalue weighted by molar-refractivity contribution is 5.51. The zero-order valence-corrected chi connectivity index (χ0v) is 16.2. The van der Waals surface area contributed by atoms with Gasteiger partial charge < -0.3 is 4.74 Å². The molecule has 0 amide bonds. The van der Waals surface area contributed by atoms with Gasteiger partial charge >= 0.3 is 0 Å². The third kappa shape index (κ3) is 4.37. The molecular weight excluding hydrogens is 298 g/mol. The number of hydrogen-bond acceptors (Lipinski definition) is 3. The molecule has 0 aliphatic carbocycles. The van der Waals surface area contributed by atoms with Crippen molar-refractivity contribution in [2.75, 3.05) is 6.61 Å². The molecule has 0 aliphatic rings. The maximum atomic E-state index is 6.10. The zero-order valence-electron chi connectivity index (χ0n) is 16.2. The molecule has 0 spiro atoms. The van der Waals surface area contributed by atoms with Crippen LogP contribution >= 0.6 is 0 Å². The van der Waals surface area contributed by atoms with E-state index >= 15 is 0 Å². The van der Waals surface area contributed by atoms with E-state index in [4.69, 9.17) is 4.74 Å². The number of ether oxygens (including phenoxy) is 1. The quantitative estimate of drug-likeness (QED) is 0.873. The lowest BCUT2D eigenvalue weighted by Crippen LogP contribution is -2.20. The molecule has 2 rings (SSSR count). The van der Waals surface area contributed by atoms with Gasteiger partial charge in [0.1, 0.15) is 5.75 Å². The van der Waals surface area contributed by atoms with Gasteiger partial charge in [0.15, 0.2) is 0 Å². The van der Waals surface area contributed by atoms with Crippen molar-refractivity contribution in [3.05, 3.63) is 40.7 Å². The molecule has 0 saturated heterocycles. The molecule has 0 bridgehead atoms. The number of hydrogen-bond donors (Lipinski definition) is 1. The summed E-state index contributed by atoms with van der Waals surface area (Å²) in [5.74, 6) is 1.06. The lowest BCUT2D eigenvalue weighted by Gasteiger charge is -2.30. The molecule has 0 radical (unpaired) electrons. The Bertz CT molecular complexity index is 626. The summed E-state index contributed by atoms with van der Waals surface area (Å²) in [6.45, 7) is 16.2. The SMILES string of the molecule is CCOc1c(C(C)(C)C)cc(CCc2cn[nH]n2)cc1C(C)(C)C. The molecule has 0 atom stereocenters. The number of aryl methyl sites for hydroxylation is 2. The lowest BCUT2D eigenvalue weighted by atomic mass is 9.78. The number of rotatable bonds is 5. The summed E-state index contributed by atoms with van der Waals surface area (Å²) >= 11 is 0. The highest BCUT2D eigenvalue weighted by Gasteiger charge is 2.27. The third-order valence-electron chi connectivity index (χ3n) is 4.19. The molecule has 4 nitrogen and oxygen atoms in total. The summed E-state index contributed by atoms with van der Waals surface area (Å²) in [7, 11) is 0. The second-order valence-electron chi connectivity index (χ2n) is 8.41. The van der Waals surface area contributed by atoms with Gasteiger partial charge in [-0.1, -0.05) is 53.7 Å². The molecule has 1 aromatic carbocycles. The molecule has 0 unspecified atom stereocenters. The highest BCUT2D eigenvalue weighted by atomic mass is 16.5. The minimum absolute atomic E-state index is 0.0361. The van der Waals surface area contributed by atoms with Gasteiger partial charge in [-0.25, -0.2) is 0 Å². The predicted octanol–water partition coefficient (Wildman–Crippen LogP) is 4.58. The number of nitrogens with one attached hydrogen (secondary N) is 1. The van der Waals surface area contributed by atoms with Crippen LogP contribution in [0.1, 0.15) is 70.9 Å². The van der Waals surface area contributed by atoms with Crippen molar-refractivity contribution >= 4 is 0 Å². The monoisotopic (exact) mass is 329 g/mol. The van der Waals surface area contributed by atoms with Crippen LogP contribution in [0.4, 0.5) is 0 Å². The Labute approximate surface area is 146 Å². The first-order chi connectivity index (χ1) is 11.1. The third-order valence-corrected chi connectivity index (χ3v) is 4.19. The van der Waals surface area contributed by atoms with Crippen molar-refractivity contribution in [2.24, 2.45) is 0 Å². The number of H-pyrrole nitrogens is 1. The van der Waals surface area contributed by atoms with E-state index in [0.29, 0.717) is 6.61 Å². The van der Waals surface area contributed by atoms with Gasteiger partial charge in [-0.2, -0.15) is 15.4 Å². The summed E-state index contributed by atoms with van der Waals surface area (Å²) in [6.07, 6.45) is 3.63. The summed E-state index contributed by atoms with van der Waals surface area (Å²) < 4.78 is 6.10. The van der Waals surface area contributed by atoms with E-state index in [1.807, 2.05) is 0 Å². The largest absolute Gasteiger partial charge is 0.493 e. The zero-order chi connectivity index (χ0) is 18.0. The van der Waals surface area contributed by atoms with Crippen molar-refractivity contribution in [3.63, 3.8) is 0 Å². The maximum Gasteiger partial charge on any atom is 0.126 e. The van der Waals surface area contributed by atoms with E-state index in [-0.39, 0.29) is 10.8 Å². The highest BCUT2D eigenvalue weighted by Crippen LogP contribution is 2.40. The fourth-order valence-corrected chi connectivity index (χ4v) is 2.87. The molecule has 1 N–H and O–H groups in total. The number of aromatic nitrogens is 3. The van der Waals surface area contributed by atoms with Crippen molar-refractivity contribution in [3.8, 4) is 5.75 Å². The molecule has 1 aromatic heterocycles. The van der Waals surface area contributed by atoms with Crippen LogP contribution in [0.25, 0.3) is 0 Å². The minimum atomic E-state index is 0.0361. The van der Waals surface area contributed by atoms with Crippen LogP contribution in [-0.4, -0.2) is 22.0 Å². The second kappa shape index (κ2) is 6.96. The van der Waals surface area contributed by atoms with E-state index < -0.39 is 0 Å². The molecule has 4 heteroatoms. The van der Waals surface area contributed by atoms with Crippen LogP contribution < -0.4 is 4.74 Å². The first kappa shape index (κ1) is 18.5. The molecule has 0 aliphatic heterocycles. The van der Waals surface area contributed by atoms with Crippen LogP contribution in [0.5, 0.6) is 5.75 Å². The molecule has 1 heterocycles. The Morgan fingerprint density at radius 2 is 1.54 bits per heavy atom. The molecule has 0 saturated carbocycles. The average Bonchev–Trinajstić information content (AvgIpc) is 2.97. The molecule has 24 heavy (non-hydrogen) atoms. The second-order valence-corrected chi connectivity index (χ2v) is 8.41. The van der Waals surface area contributed by atoms with Crippen LogP contribution in [0, 0.1) is 0 Å². The van der Waals surface area contributed by atoms with E-state index in [0.717, 1.165) is 24.3 Å². The first-order valence-electron chi connectivity index (χ1n) is 8.78. The first-order valence-corrected chi connectivity index (χ1v) is 8.78. The smallest absolute Gasteiger partial charge is 0.126 e. The standard InChI is InChI=1S/C20H31N3O/c1-8-24-18-16(19(2,3)4)11-14(12-17(18)20(5,6)7)9-10-15-13-21-23-22-15/h11-13H,8-10H2,1-7H3,(H,21,22,23). The molecule has 2 aromatic rings. The number of nitrogens with zero attached hydrogens (tertiary/aromatic N) is 2. The average molecular weight is 329 g/mol. The van der Waals surface area contributed by atoms with Gasteiger partial charge in [0.25, 0.3) is 0 Å². The topological polar surface area (TPSA) is 50.8 Å². The Kier molecular flexibility index (Phi) is 5.36. The van der Waals surface area contributed by atoms with Gasteiger partial charge in [-0.15, -0.1) is 0 Å². The van der Waals surface area contributed by atoms with Crippen LogP contribution in [0.15, 0.2) is 18.3 Å². The van der Waals surface area contributed by atoms with Gasteiger partial charge in [0, 0.05) is 11.1 Å². The molecular formula is C20H31N3O. The lowest BCUT2D eigenvalue weighted by molar-refractivity contribution is 0.319. The number of benzene rings is 1. The van der Waals surface area contributed by atoms with Gasteiger partial charge in [0.05, 0.1) is 18.5 Å². The Morgan fingerprint density at radius 3 is 1.96 bits per heavy atom. The van der Waals surface area contributed by atoms with Gasteiger partial charge in [0.2, 0.25) is 0 Å². The molecule has 132 valence electrons. The van der Waals surface area contributed by atoms with E-state index in [1.165, 1.54) is 16.7 Å². The fraction of sp³-hybridized carbons (Fsp3) is 0.600. The fourth-order valence-electron chi connectivity index (χ4n) is 2.87. The minimum Gasteiger partial charge on any atom is -0.493 e. The van der Waals surface area contributed by atoms with Crippen LogP contribution in [0.3, 0.4) is 0 Å². The van der Waals surface area contributed by atoms with Gasteiger partial charge in [-0.05, 0) is 36.2 Å². The summed E-state index contributed by atoms with van der Waals surface area (Å²) in [5, 5.41) is 10.7. The van der Waals surface area contributed by atoms with Crippen molar-refractivity contribution < 1.29 is 4.74 Å². The van der Waals surface area contributed by atoms with E-state index in [2.05, 4.69) is 76.0 Å². The Hall–Kier alpha value is -1.84. The summed E-state index contributed by atoms with van der Waals surface area (Å²) in [5.41, 5.74) is 4.97.